The number of nitrogens with one attached hydrogen (secondary N) is 1. The minimum Gasteiger partial charge on any atom is -0.392 e. The van der Waals surface area contributed by atoms with Gasteiger partial charge in [0.05, 0.1) is 16.0 Å². The van der Waals surface area contributed by atoms with Gasteiger partial charge in [-0.15, -0.1) is 0 Å². The molecule has 4 nitrogen and oxygen atoms in total. The van der Waals surface area contributed by atoms with Crippen molar-refractivity contribution in [1.29, 1.82) is 0 Å². The van der Waals surface area contributed by atoms with Crippen molar-refractivity contribution in [3.05, 3.63) is 29.0 Å². The van der Waals surface area contributed by atoms with E-state index in [1.54, 1.807) is 13.8 Å². The van der Waals surface area contributed by atoms with Gasteiger partial charge in [0.2, 0.25) is 10.0 Å². The van der Waals surface area contributed by atoms with Gasteiger partial charge in [-0.1, -0.05) is 25.4 Å². The summed E-state index contributed by atoms with van der Waals surface area (Å²) in [5, 5.41) is 9.35. The van der Waals surface area contributed by atoms with Gasteiger partial charge in [-0.05, 0) is 24.6 Å². The summed E-state index contributed by atoms with van der Waals surface area (Å²) in [6, 6.07) is 2.89. The third-order valence-electron chi connectivity index (χ3n) is 3.71. The monoisotopic (exact) mass is 307 g/mol. The van der Waals surface area contributed by atoms with Gasteiger partial charge >= 0.3 is 0 Å². The smallest absolute Gasteiger partial charge is 0.240 e. The van der Waals surface area contributed by atoms with Gasteiger partial charge in [-0.25, -0.2) is 17.5 Å². The van der Waals surface area contributed by atoms with Gasteiger partial charge in [0, 0.05) is 11.5 Å². The molecule has 0 heterocycles. The molecule has 1 aliphatic carbocycles. The fourth-order valence-corrected chi connectivity index (χ4v) is 3.68. The Morgan fingerprint density at radius 1 is 1.47 bits per heavy atom. The van der Waals surface area contributed by atoms with E-state index in [1.807, 2.05) is 0 Å². The first-order chi connectivity index (χ1) is 8.64. The van der Waals surface area contributed by atoms with Crippen LogP contribution in [0, 0.1) is 11.2 Å². The van der Waals surface area contributed by atoms with E-state index in [1.165, 1.54) is 0 Å². The third-order valence-corrected chi connectivity index (χ3v) is 5.47. The van der Waals surface area contributed by atoms with Crippen molar-refractivity contribution >= 4 is 21.6 Å². The number of rotatable bonds is 3. The van der Waals surface area contributed by atoms with Crippen molar-refractivity contribution in [1.82, 2.24) is 4.72 Å². The van der Waals surface area contributed by atoms with E-state index < -0.39 is 27.4 Å². The Morgan fingerprint density at radius 3 is 2.58 bits per heavy atom. The van der Waals surface area contributed by atoms with Crippen molar-refractivity contribution in [3.63, 3.8) is 0 Å². The molecule has 0 radical (unpaired) electrons. The molecular formula is C12H15ClFNO3S. The maximum atomic E-state index is 13.0. The van der Waals surface area contributed by atoms with Gasteiger partial charge in [-0.3, -0.25) is 0 Å². The molecule has 1 aromatic rings. The Labute approximate surface area is 116 Å². The molecule has 1 aromatic carbocycles. The molecule has 2 atom stereocenters. The van der Waals surface area contributed by atoms with Crippen LogP contribution in [-0.4, -0.2) is 25.7 Å². The fraction of sp³-hybridized carbons (Fsp3) is 0.500. The molecular weight excluding hydrogens is 293 g/mol. The summed E-state index contributed by atoms with van der Waals surface area (Å²) in [6.45, 7) is 3.57. The zero-order valence-electron chi connectivity index (χ0n) is 10.5. The molecule has 106 valence electrons. The molecule has 0 saturated heterocycles. The van der Waals surface area contributed by atoms with Gasteiger partial charge in [0.1, 0.15) is 5.82 Å². The number of benzene rings is 1. The third kappa shape index (κ3) is 2.63. The van der Waals surface area contributed by atoms with E-state index in [2.05, 4.69) is 4.72 Å². The molecule has 1 saturated carbocycles. The van der Waals surface area contributed by atoms with E-state index in [-0.39, 0.29) is 16.0 Å². The summed E-state index contributed by atoms with van der Waals surface area (Å²) in [5.74, 6) is -0.667. The van der Waals surface area contributed by atoms with Crippen LogP contribution >= 0.6 is 11.6 Å². The average Bonchev–Trinajstić information content (AvgIpc) is 2.32. The lowest BCUT2D eigenvalue weighted by Gasteiger charge is -2.49. The second kappa shape index (κ2) is 4.70. The fourth-order valence-electron chi connectivity index (χ4n) is 2.00. The van der Waals surface area contributed by atoms with Crippen LogP contribution in [-0.2, 0) is 10.0 Å². The largest absolute Gasteiger partial charge is 0.392 e. The van der Waals surface area contributed by atoms with Crippen LogP contribution in [0.5, 0.6) is 0 Å². The highest BCUT2D eigenvalue weighted by atomic mass is 35.5. The van der Waals surface area contributed by atoms with Crippen LogP contribution in [0.1, 0.15) is 20.3 Å². The van der Waals surface area contributed by atoms with Gasteiger partial charge in [0.15, 0.2) is 0 Å². The van der Waals surface area contributed by atoms with Crippen molar-refractivity contribution in [2.24, 2.45) is 5.41 Å². The maximum absolute atomic E-state index is 13.0. The van der Waals surface area contributed by atoms with E-state index in [0.29, 0.717) is 6.42 Å². The second-order valence-corrected chi connectivity index (χ2v) is 7.44. The molecule has 7 heteroatoms. The Balaban J connectivity index is 2.22. The number of aliphatic hydroxyl groups excluding tert-OH is 1. The predicted octanol–water partition coefficient (Wildman–Crippen LogP) is 1.92. The Morgan fingerprint density at radius 2 is 2.11 bits per heavy atom. The molecule has 2 N–H and O–H groups in total. The van der Waals surface area contributed by atoms with Crippen LogP contribution in [0.3, 0.4) is 0 Å². The lowest BCUT2D eigenvalue weighted by atomic mass is 9.65. The van der Waals surface area contributed by atoms with Gasteiger partial charge in [-0.2, -0.15) is 0 Å². The molecule has 0 aromatic heterocycles. The standard InChI is InChI=1S/C12H15ClFNO3S/c1-12(2)10(6-11(12)16)15-19(17,18)7-3-4-9(14)8(13)5-7/h3-5,10-11,15-16H,6H2,1-2H3. The van der Waals surface area contributed by atoms with Crippen LogP contribution < -0.4 is 4.72 Å². The number of aliphatic hydroxyl groups is 1. The van der Waals surface area contributed by atoms with Crippen molar-refractivity contribution in [3.8, 4) is 0 Å². The Hall–Kier alpha value is -0.690. The summed E-state index contributed by atoms with van der Waals surface area (Å²) in [4.78, 5) is -0.0870. The quantitative estimate of drug-likeness (QED) is 0.896. The Bertz CT molecular complexity index is 603. The molecule has 2 rings (SSSR count). The molecule has 2 unspecified atom stereocenters. The molecule has 1 aliphatic rings. The van der Waals surface area contributed by atoms with Crippen molar-refractivity contribution in [2.45, 2.75) is 37.3 Å². The van der Waals surface area contributed by atoms with Crippen molar-refractivity contribution < 1.29 is 17.9 Å². The SMILES string of the molecule is CC1(C)C(O)CC1NS(=O)(=O)c1ccc(F)c(Cl)c1. The molecule has 0 amide bonds. The number of hydrogen-bond acceptors (Lipinski definition) is 3. The highest BCUT2D eigenvalue weighted by Gasteiger charge is 2.48. The van der Waals surface area contributed by atoms with E-state index in [4.69, 9.17) is 11.6 Å². The normalized spacial score (nSPS) is 25.9. The molecule has 1 fully saturated rings. The molecule has 0 aliphatic heterocycles. The van der Waals surface area contributed by atoms with Crippen molar-refractivity contribution in [2.75, 3.05) is 0 Å². The molecule has 0 bridgehead atoms. The lowest BCUT2D eigenvalue weighted by Crippen LogP contribution is -2.61. The first kappa shape index (κ1) is 14.7. The average molecular weight is 308 g/mol. The lowest BCUT2D eigenvalue weighted by molar-refractivity contribution is -0.0645. The van der Waals surface area contributed by atoms with E-state index in [9.17, 15) is 17.9 Å². The highest BCUT2D eigenvalue weighted by molar-refractivity contribution is 7.89. The zero-order chi connectivity index (χ0) is 14.4. The highest BCUT2D eigenvalue weighted by Crippen LogP contribution is 2.41. The maximum Gasteiger partial charge on any atom is 0.240 e. The van der Waals surface area contributed by atoms with Gasteiger partial charge in [0.25, 0.3) is 0 Å². The van der Waals surface area contributed by atoms with Gasteiger partial charge < -0.3 is 5.11 Å². The predicted molar refractivity (Wildman–Crippen MR) is 69.9 cm³/mol. The van der Waals surface area contributed by atoms with E-state index >= 15 is 0 Å². The first-order valence-corrected chi connectivity index (χ1v) is 7.66. The summed E-state index contributed by atoms with van der Waals surface area (Å²) in [5.41, 5.74) is -0.517. The van der Waals surface area contributed by atoms with Crippen LogP contribution in [0.2, 0.25) is 5.02 Å². The second-order valence-electron chi connectivity index (χ2n) is 5.32. The summed E-state index contributed by atoms with van der Waals surface area (Å²) in [6.07, 6.45) is -0.168. The topological polar surface area (TPSA) is 66.4 Å². The molecule has 0 spiro atoms. The number of hydrogen-bond donors (Lipinski definition) is 2. The minimum absolute atomic E-state index is 0.0870. The van der Waals surface area contributed by atoms with Crippen LogP contribution in [0.15, 0.2) is 23.1 Å². The number of halogens is 2. The minimum atomic E-state index is -3.77. The molecule has 19 heavy (non-hydrogen) atoms. The van der Waals surface area contributed by atoms with Crippen LogP contribution in [0.25, 0.3) is 0 Å². The number of sulfonamides is 1. The summed E-state index contributed by atoms with van der Waals surface area (Å²) >= 11 is 5.58. The van der Waals surface area contributed by atoms with E-state index in [0.717, 1.165) is 18.2 Å². The Kier molecular flexibility index (Phi) is 3.64. The van der Waals surface area contributed by atoms with Crippen LogP contribution in [0.4, 0.5) is 4.39 Å². The first-order valence-electron chi connectivity index (χ1n) is 5.80. The summed E-state index contributed by atoms with van der Waals surface area (Å²) < 4.78 is 39.8. The summed E-state index contributed by atoms with van der Waals surface area (Å²) in [7, 11) is -3.77. The zero-order valence-corrected chi connectivity index (χ0v) is 12.1.